The lowest BCUT2D eigenvalue weighted by Gasteiger charge is -2.27. The van der Waals surface area contributed by atoms with Gasteiger partial charge in [0, 0.05) is 16.1 Å². The van der Waals surface area contributed by atoms with Crippen molar-refractivity contribution in [3.05, 3.63) is 58.1 Å². The highest BCUT2D eigenvalue weighted by Gasteiger charge is 2.30. The summed E-state index contributed by atoms with van der Waals surface area (Å²) >= 11 is 5.89. The van der Waals surface area contributed by atoms with Crippen molar-refractivity contribution in [1.29, 1.82) is 0 Å². The maximum atomic E-state index is 12.6. The zero-order chi connectivity index (χ0) is 23.6. The van der Waals surface area contributed by atoms with Gasteiger partial charge in [-0.25, -0.2) is 5.43 Å². The summed E-state index contributed by atoms with van der Waals surface area (Å²) in [6, 6.07) is 10.6. The van der Waals surface area contributed by atoms with Crippen LogP contribution in [-0.4, -0.2) is 22.8 Å². The van der Waals surface area contributed by atoms with E-state index in [9.17, 15) is 9.90 Å². The average Bonchev–Trinajstić information content (AvgIpc) is 2.62. The SMILES string of the molecule is CC(C)(Oc1ccc(Cl)cc1)C(=O)N/N=C/c1cc(C(C)(C)C)c(O)c(C(C)(C)C)c1. The molecule has 168 valence electrons. The predicted octanol–water partition coefficient (Wildman–Crippen LogP) is 5.95. The predicted molar refractivity (Wildman–Crippen MR) is 127 cm³/mol. The minimum atomic E-state index is -1.13. The summed E-state index contributed by atoms with van der Waals surface area (Å²) < 4.78 is 5.79. The topological polar surface area (TPSA) is 70.9 Å². The second-order valence-electron chi connectivity index (χ2n) is 10.2. The van der Waals surface area contributed by atoms with Gasteiger partial charge in [0.25, 0.3) is 5.91 Å². The molecule has 0 radical (unpaired) electrons. The van der Waals surface area contributed by atoms with Gasteiger partial charge in [-0.15, -0.1) is 0 Å². The maximum absolute atomic E-state index is 12.6. The van der Waals surface area contributed by atoms with E-state index in [1.54, 1.807) is 44.3 Å². The highest BCUT2D eigenvalue weighted by molar-refractivity contribution is 6.30. The first kappa shape index (κ1) is 24.7. The Kier molecular flexibility index (Phi) is 7.11. The van der Waals surface area contributed by atoms with E-state index in [0.717, 1.165) is 16.7 Å². The van der Waals surface area contributed by atoms with Crippen LogP contribution in [0.5, 0.6) is 11.5 Å². The summed E-state index contributed by atoms with van der Waals surface area (Å²) in [6.45, 7) is 15.6. The van der Waals surface area contributed by atoms with Gasteiger partial charge in [0.2, 0.25) is 0 Å². The van der Waals surface area contributed by atoms with Crippen molar-refractivity contribution < 1.29 is 14.6 Å². The Labute approximate surface area is 190 Å². The van der Waals surface area contributed by atoms with Crippen LogP contribution in [0.25, 0.3) is 0 Å². The number of hydrogen-bond donors (Lipinski definition) is 2. The Morgan fingerprint density at radius 2 is 1.45 bits per heavy atom. The Morgan fingerprint density at radius 3 is 1.90 bits per heavy atom. The zero-order valence-corrected chi connectivity index (χ0v) is 20.4. The van der Waals surface area contributed by atoms with E-state index < -0.39 is 5.60 Å². The number of hydrogen-bond acceptors (Lipinski definition) is 4. The Morgan fingerprint density at radius 1 is 0.968 bits per heavy atom. The molecule has 1 amide bonds. The molecule has 0 aliphatic rings. The highest BCUT2D eigenvalue weighted by atomic mass is 35.5. The second-order valence-corrected chi connectivity index (χ2v) is 10.7. The molecule has 0 unspecified atom stereocenters. The molecule has 6 heteroatoms. The summed E-state index contributed by atoms with van der Waals surface area (Å²) in [5.41, 5.74) is 3.39. The maximum Gasteiger partial charge on any atom is 0.283 e. The molecular formula is C25H33ClN2O3. The van der Waals surface area contributed by atoms with Gasteiger partial charge in [-0.2, -0.15) is 5.10 Å². The molecule has 2 N–H and O–H groups in total. The van der Waals surface area contributed by atoms with Crippen LogP contribution in [-0.2, 0) is 15.6 Å². The molecule has 0 heterocycles. The summed E-state index contributed by atoms with van der Waals surface area (Å²) in [7, 11) is 0. The molecule has 2 aromatic rings. The third-order valence-electron chi connectivity index (χ3n) is 4.86. The van der Waals surface area contributed by atoms with E-state index in [1.807, 2.05) is 53.7 Å². The van der Waals surface area contributed by atoms with E-state index in [4.69, 9.17) is 16.3 Å². The molecule has 0 fully saturated rings. The second kappa shape index (κ2) is 8.91. The average molecular weight is 445 g/mol. The molecule has 0 saturated heterocycles. The largest absolute Gasteiger partial charge is 0.507 e. The van der Waals surface area contributed by atoms with Crippen molar-refractivity contribution in [2.45, 2.75) is 71.8 Å². The number of amides is 1. The Balaban J connectivity index is 2.22. The van der Waals surface area contributed by atoms with Gasteiger partial charge in [0.1, 0.15) is 11.5 Å². The van der Waals surface area contributed by atoms with E-state index >= 15 is 0 Å². The van der Waals surface area contributed by atoms with E-state index in [1.165, 1.54) is 0 Å². The number of phenols is 1. The lowest BCUT2D eigenvalue weighted by Crippen LogP contribution is -2.44. The standard InChI is InChI=1S/C25H33ClN2O3/c1-23(2,3)19-13-16(14-20(21(19)29)24(4,5)6)15-27-28-22(30)25(7,8)31-18-11-9-17(26)10-12-18/h9-15,29H,1-8H3,(H,28,30)/b27-15+. The van der Waals surface area contributed by atoms with E-state index in [2.05, 4.69) is 10.5 Å². The fourth-order valence-electron chi connectivity index (χ4n) is 3.02. The first-order valence-electron chi connectivity index (χ1n) is 10.3. The number of rotatable bonds is 5. The minimum Gasteiger partial charge on any atom is -0.507 e. The summed E-state index contributed by atoms with van der Waals surface area (Å²) in [4.78, 5) is 12.6. The molecule has 2 aromatic carbocycles. The normalized spacial score (nSPS) is 12.8. The van der Waals surface area contributed by atoms with Crippen LogP contribution in [0.2, 0.25) is 5.02 Å². The first-order chi connectivity index (χ1) is 14.1. The number of aromatic hydroxyl groups is 1. The van der Waals surface area contributed by atoms with Gasteiger partial charge in [-0.05, 0) is 66.6 Å². The minimum absolute atomic E-state index is 0.244. The quantitative estimate of drug-likeness (QED) is 0.442. The van der Waals surface area contributed by atoms with Gasteiger partial charge >= 0.3 is 0 Å². The first-order valence-corrected chi connectivity index (χ1v) is 10.6. The number of phenolic OH excluding ortho intramolecular Hbond substituents is 1. The molecule has 0 spiro atoms. The number of halogens is 1. The van der Waals surface area contributed by atoms with Gasteiger partial charge in [0.15, 0.2) is 5.60 Å². The number of carbonyl (C=O) groups excluding carboxylic acids is 1. The molecule has 2 rings (SSSR count). The number of hydrazone groups is 1. The number of benzene rings is 2. The van der Waals surface area contributed by atoms with Crippen LogP contribution in [0.1, 0.15) is 72.1 Å². The molecule has 0 aromatic heterocycles. The summed E-state index contributed by atoms with van der Waals surface area (Å²) in [6.07, 6.45) is 1.58. The highest BCUT2D eigenvalue weighted by Crippen LogP contribution is 2.39. The molecule has 0 aliphatic heterocycles. The lowest BCUT2D eigenvalue weighted by atomic mass is 9.78. The Bertz CT molecular complexity index is 931. The number of nitrogens with zero attached hydrogens (tertiary/aromatic N) is 1. The molecule has 0 atom stereocenters. The molecule has 0 saturated carbocycles. The number of nitrogens with one attached hydrogen (secondary N) is 1. The van der Waals surface area contributed by atoms with Crippen LogP contribution in [0.4, 0.5) is 0 Å². The summed E-state index contributed by atoms with van der Waals surface area (Å²) in [5.74, 6) is 0.458. The number of carbonyl (C=O) groups is 1. The fraction of sp³-hybridized carbons (Fsp3) is 0.440. The molecular weight excluding hydrogens is 412 g/mol. The smallest absolute Gasteiger partial charge is 0.283 e. The third kappa shape index (κ3) is 6.47. The van der Waals surface area contributed by atoms with Crippen LogP contribution < -0.4 is 10.2 Å². The van der Waals surface area contributed by atoms with E-state index in [-0.39, 0.29) is 16.7 Å². The van der Waals surface area contributed by atoms with Crippen molar-refractivity contribution in [2.75, 3.05) is 0 Å². The van der Waals surface area contributed by atoms with Crippen molar-refractivity contribution >= 4 is 23.7 Å². The molecule has 5 nitrogen and oxygen atoms in total. The van der Waals surface area contributed by atoms with Crippen LogP contribution in [0.3, 0.4) is 0 Å². The summed E-state index contributed by atoms with van der Waals surface area (Å²) in [5, 5.41) is 15.6. The van der Waals surface area contributed by atoms with Crippen molar-refractivity contribution in [1.82, 2.24) is 5.43 Å². The van der Waals surface area contributed by atoms with Gasteiger partial charge < -0.3 is 9.84 Å². The number of ether oxygens (including phenoxy) is 1. The molecule has 31 heavy (non-hydrogen) atoms. The van der Waals surface area contributed by atoms with Crippen molar-refractivity contribution in [3.8, 4) is 11.5 Å². The Hall–Kier alpha value is -2.53. The van der Waals surface area contributed by atoms with Gasteiger partial charge in [0.05, 0.1) is 6.21 Å². The monoisotopic (exact) mass is 444 g/mol. The fourth-order valence-corrected chi connectivity index (χ4v) is 3.14. The molecule has 0 bridgehead atoms. The molecule has 0 aliphatic carbocycles. The van der Waals surface area contributed by atoms with Crippen LogP contribution in [0, 0.1) is 0 Å². The van der Waals surface area contributed by atoms with Crippen LogP contribution in [0.15, 0.2) is 41.5 Å². The van der Waals surface area contributed by atoms with Gasteiger partial charge in [-0.3, -0.25) is 4.79 Å². The van der Waals surface area contributed by atoms with Crippen LogP contribution >= 0.6 is 11.6 Å². The van der Waals surface area contributed by atoms with E-state index in [0.29, 0.717) is 16.5 Å². The van der Waals surface area contributed by atoms with Crippen molar-refractivity contribution in [2.24, 2.45) is 5.10 Å². The van der Waals surface area contributed by atoms with Crippen molar-refractivity contribution in [3.63, 3.8) is 0 Å². The lowest BCUT2D eigenvalue weighted by molar-refractivity contribution is -0.134. The third-order valence-corrected chi connectivity index (χ3v) is 5.11. The van der Waals surface area contributed by atoms with Gasteiger partial charge in [-0.1, -0.05) is 53.1 Å². The zero-order valence-electron chi connectivity index (χ0n) is 19.6.